The van der Waals surface area contributed by atoms with E-state index in [0.29, 0.717) is 20.3 Å². The van der Waals surface area contributed by atoms with E-state index in [1.165, 1.54) is 21.4 Å². The van der Waals surface area contributed by atoms with Crippen molar-refractivity contribution in [2.24, 2.45) is 0 Å². The van der Waals surface area contributed by atoms with Crippen LogP contribution in [0.2, 0.25) is 5.02 Å². The van der Waals surface area contributed by atoms with Crippen LogP contribution in [0.4, 0.5) is 0 Å². The largest absolute Gasteiger partial charge is 0.291 e. The van der Waals surface area contributed by atoms with Crippen molar-refractivity contribution >= 4 is 34.0 Å². The lowest BCUT2D eigenvalue weighted by molar-refractivity contribution is 0.937. The lowest BCUT2D eigenvalue weighted by Gasteiger charge is -1.95. The van der Waals surface area contributed by atoms with Crippen LogP contribution in [0.1, 0.15) is 11.1 Å². The Morgan fingerprint density at radius 3 is 2.46 bits per heavy atom. The first-order valence-corrected chi connectivity index (χ1v) is 8.53. The maximum atomic E-state index is 12.5. The molecular weight excluding hydrogens is 342 g/mol. The van der Waals surface area contributed by atoms with E-state index in [9.17, 15) is 4.79 Å². The quantitative estimate of drug-likeness (QED) is 0.555. The first-order chi connectivity index (χ1) is 11.6. The van der Waals surface area contributed by atoms with Gasteiger partial charge in [-0.2, -0.15) is 9.50 Å². The number of benzene rings is 2. The Morgan fingerprint density at radius 1 is 1.08 bits per heavy atom. The number of halogens is 1. The predicted octanol–water partition coefficient (Wildman–Crippen LogP) is 3.33. The van der Waals surface area contributed by atoms with Gasteiger partial charge < -0.3 is 0 Å². The fourth-order valence-corrected chi connectivity index (χ4v) is 3.40. The Labute approximate surface area is 146 Å². The van der Waals surface area contributed by atoms with E-state index in [1.54, 1.807) is 12.1 Å². The molecule has 0 saturated carbocycles. The number of hydrogen-bond acceptors (Lipinski definition) is 4. The Hall–Kier alpha value is -2.50. The maximum Gasteiger partial charge on any atom is 0.291 e. The summed E-state index contributed by atoms with van der Waals surface area (Å²) in [5.74, 6) is 0.566. The van der Waals surface area contributed by atoms with E-state index in [4.69, 9.17) is 11.6 Å². The molecule has 0 aliphatic rings. The highest BCUT2D eigenvalue weighted by Crippen LogP contribution is 2.17. The zero-order valence-electron chi connectivity index (χ0n) is 12.7. The normalized spacial score (nSPS) is 12.2. The van der Waals surface area contributed by atoms with Crippen LogP contribution >= 0.6 is 22.9 Å². The second-order valence-corrected chi connectivity index (χ2v) is 6.91. The van der Waals surface area contributed by atoms with Gasteiger partial charge in [0.05, 0.1) is 4.53 Å². The molecule has 0 aliphatic carbocycles. The van der Waals surface area contributed by atoms with Crippen LogP contribution < -0.4 is 10.1 Å². The molecule has 0 atom stereocenters. The van der Waals surface area contributed by atoms with Crippen molar-refractivity contribution in [3.63, 3.8) is 0 Å². The fraction of sp³-hybridized carbons (Fsp3) is 0.0556. The van der Waals surface area contributed by atoms with Crippen LogP contribution in [0.15, 0.2) is 53.3 Å². The second kappa shape index (κ2) is 5.85. The topological polar surface area (TPSA) is 47.3 Å². The van der Waals surface area contributed by atoms with Crippen LogP contribution in [0.5, 0.6) is 0 Å². The van der Waals surface area contributed by atoms with E-state index in [1.807, 2.05) is 49.4 Å². The zero-order valence-corrected chi connectivity index (χ0v) is 14.3. The monoisotopic (exact) mass is 353 g/mol. The molecule has 4 aromatic rings. The molecule has 4 nitrogen and oxygen atoms in total. The molecule has 24 heavy (non-hydrogen) atoms. The van der Waals surface area contributed by atoms with Gasteiger partial charge in [-0.05, 0) is 30.7 Å². The lowest BCUT2D eigenvalue weighted by Crippen LogP contribution is -2.23. The molecule has 0 spiro atoms. The predicted molar refractivity (Wildman–Crippen MR) is 97.5 cm³/mol. The molecule has 0 radical (unpaired) electrons. The Morgan fingerprint density at radius 2 is 1.79 bits per heavy atom. The summed E-state index contributed by atoms with van der Waals surface area (Å²) in [6, 6.07) is 15.3. The van der Waals surface area contributed by atoms with E-state index in [2.05, 4.69) is 10.1 Å². The van der Waals surface area contributed by atoms with Crippen molar-refractivity contribution in [2.75, 3.05) is 0 Å². The standard InChI is InChI=1S/C18H12ClN3OS/c1-11-2-6-13(7-3-11)16-20-18-22(21-16)17(23)15(24-18)10-12-4-8-14(19)9-5-12/h2-10H,1H3. The van der Waals surface area contributed by atoms with Gasteiger partial charge in [-0.1, -0.05) is 64.9 Å². The van der Waals surface area contributed by atoms with E-state index < -0.39 is 0 Å². The van der Waals surface area contributed by atoms with Gasteiger partial charge in [0, 0.05) is 10.6 Å². The van der Waals surface area contributed by atoms with E-state index >= 15 is 0 Å². The molecule has 0 saturated heterocycles. The summed E-state index contributed by atoms with van der Waals surface area (Å²) < 4.78 is 1.96. The minimum atomic E-state index is -0.157. The molecule has 6 heteroatoms. The Bertz CT molecular complexity index is 1130. The molecule has 0 amide bonds. The van der Waals surface area contributed by atoms with Crippen molar-refractivity contribution < 1.29 is 0 Å². The van der Waals surface area contributed by atoms with Crippen molar-refractivity contribution in [3.8, 4) is 11.4 Å². The molecular formula is C18H12ClN3OS. The molecule has 2 aromatic heterocycles. The van der Waals surface area contributed by atoms with E-state index in [-0.39, 0.29) is 5.56 Å². The van der Waals surface area contributed by atoms with E-state index in [0.717, 1.165) is 11.1 Å². The number of thiazole rings is 1. The highest BCUT2D eigenvalue weighted by molar-refractivity contribution is 7.15. The summed E-state index contributed by atoms with van der Waals surface area (Å²) in [5.41, 5.74) is 2.83. The highest BCUT2D eigenvalue weighted by atomic mass is 35.5. The number of aromatic nitrogens is 3. The number of rotatable bonds is 2. The third kappa shape index (κ3) is 2.72. The number of fused-ring (bicyclic) bond motifs is 1. The van der Waals surface area contributed by atoms with Crippen molar-refractivity contribution in [3.05, 3.63) is 79.6 Å². The lowest BCUT2D eigenvalue weighted by atomic mass is 10.1. The summed E-state index contributed by atoms with van der Waals surface area (Å²) >= 11 is 7.21. The van der Waals surface area contributed by atoms with Gasteiger partial charge in [-0.15, -0.1) is 5.10 Å². The first-order valence-electron chi connectivity index (χ1n) is 7.34. The third-order valence-electron chi connectivity index (χ3n) is 3.66. The second-order valence-electron chi connectivity index (χ2n) is 5.46. The van der Waals surface area contributed by atoms with Crippen LogP contribution in [0, 0.1) is 6.92 Å². The molecule has 2 heterocycles. The summed E-state index contributed by atoms with van der Waals surface area (Å²) in [4.78, 5) is 17.6. The third-order valence-corrected chi connectivity index (χ3v) is 4.87. The SMILES string of the molecule is Cc1ccc(-c2nc3sc(=Cc4ccc(Cl)cc4)c(=O)n3n2)cc1. The van der Waals surface area contributed by atoms with Gasteiger partial charge in [0.1, 0.15) is 0 Å². The number of nitrogens with zero attached hydrogens (tertiary/aromatic N) is 3. The Kier molecular flexibility index (Phi) is 3.67. The van der Waals surface area contributed by atoms with Crippen LogP contribution in [0.3, 0.4) is 0 Å². The molecule has 0 fully saturated rings. The molecule has 0 aliphatic heterocycles. The van der Waals surface area contributed by atoms with Crippen LogP contribution in [-0.4, -0.2) is 14.6 Å². The molecule has 118 valence electrons. The summed E-state index contributed by atoms with van der Waals surface area (Å²) in [7, 11) is 0. The van der Waals surface area contributed by atoms with Gasteiger partial charge in [0.25, 0.3) is 5.56 Å². The minimum absolute atomic E-state index is 0.157. The molecule has 0 N–H and O–H groups in total. The molecule has 2 aromatic carbocycles. The molecule has 0 bridgehead atoms. The summed E-state index contributed by atoms with van der Waals surface area (Å²) in [6.07, 6.45) is 1.82. The smallest absolute Gasteiger partial charge is 0.266 e. The van der Waals surface area contributed by atoms with Gasteiger partial charge in [0.15, 0.2) is 5.82 Å². The number of aryl methyl sites for hydroxylation is 1. The van der Waals surface area contributed by atoms with Crippen molar-refractivity contribution in [2.45, 2.75) is 6.92 Å². The Balaban J connectivity index is 1.79. The number of hydrogen-bond donors (Lipinski definition) is 0. The summed E-state index contributed by atoms with van der Waals surface area (Å²) in [6.45, 7) is 2.03. The van der Waals surface area contributed by atoms with Gasteiger partial charge >= 0.3 is 0 Å². The minimum Gasteiger partial charge on any atom is -0.266 e. The zero-order chi connectivity index (χ0) is 16.7. The van der Waals surface area contributed by atoms with Crippen LogP contribution in [-0.2, 0) is 0 Å². The van der Waals surface area contributed by atoms with Gasteiger partial charge in [0.2, 0.25) is 4.96 Å². The first kappa shape index (κ1) is 15.1. The average molecular weight is 354 g/mol. The van der Waals surface area contributed by atoms with Gasteiger partial charge in [-0.25, -0.2) is 0 Å². The van der Waals surface area contributed by atoms with Crippen molar-refractivity contribution in [1.29, 1.82) is 0 Å². The maximum absolute atomic E-state index is 12.5. The van der Waals surface area contributed by atoms with Gasteiger partial charge in [-0.3, -0.25) is 4.79 Å². The molecule has 0 unspecified atom stereocenters. The van der Waals surface area contributed by atoms with Crippen molar-refractivity contribution in [1.82, 2.24) is 14.6 Å². The summed E-state index contributed by atoms with van der Waals surface area (Å²) in [5, 5.41) is 5.02. The van der Waals surface area contributed by atoms with Crippen LogP contribution in [0.25, 0.3) is 22.4 Å². The highest BCUT2D eigenvalue weighted by Gasteiger charge is 2.11. The fourth-order valence-electron chi connectivity index (χ4n) is 2.37. The average Bonchev–Trinajstić information content (AvgIpc) is 3.11. The molecule has 4 rings (SSSR count).